The van der Waals surface area contributed by atoms with Crippen LogP contribution in [0.5, 0.6) is 0 Å². The Bertz CT molecular complexity index is 1160. The fourth-order valence-electron chi connectivity index (χ4n) is 4.97. The summed E-state index contributed by atoms with van der Waals surface area (Å²) in [6.45, 7) is 5.76. The minimum Gasteiger partial charge on any atom is -0.353 e. The molecule has 1 aromatic heterocycles. The Balaban J connectivity index is 1.17. The number of nitrogens with zero attached hydrogens (tertiary/aromatic N) is 5. The van der Waals surface area contributed by atoms with Crippen molar-refractivity contribution in [3.63, 3.8) is 0 Å². The molecule has 1 spiro atoms. The molecule has 1 unspecified atom stereocenters. The van der Waals surface area contributed by atoms with Crippen molar-refractivity contribution >= 4 is 41.0 Å². The van der Waals surface area contributed by atoms with E-state index in [0.717, 1.165) is 0 Å². The number of anilines is 1. The number of halogens is 2. The first-order valence-corrected chi connectivity index (χ1v) is 13.7. The largest absolute Gasteiger partial charge is 0.353 e. The molecule has 0 bridgehead atoms. The summed E-state index contributed by atoms with van der Waals surface area (Å²) in [4.78, 5) is 40.1. The second kappa shape index (κ2) is 11.1. The average Bonchev–Trinajstić information content (AvgIpc) is 3.35. The molecule has 2 aromatic rings. The molecular formula is C25H29ClFN5O4S. The number of piperazine rings is 1. The summed E-state index contributed by atoms with van der Waals surface area (Å²) in [5.41, 5.74) is 0.0726. The number of likely N-dealkylation sites (tertiary alicyclic amines) is 1. The van der Waals surface area contributed by atoms with Gasteiger partial charge in [0.25, 0.3) is 5.91 Å². The first-order valence-electron chi connectivity index (χ1n) is 12.4. The van der Waals surface area contributed by atoms with Gasteiger partial charge in [0.1, 0.15) is 16.8 Å². The molecular weight excluding hydrogens is 521 g/mol. The van der Waals surface area contributed by atoms with E-state index >= 15 is 0 Å². The number of amides is 2. The highest BCUT2D eigenvalue weighted by Crippen LogP contribution is 2.32. The van der Waals surface area contributed by atoms with Gasteiger partial charge in [0, 0.05) is 57.7 Å². The van der Waals surface area contributed by atoms with Crippen LogP contribution >= 0.6 is 23.4 Å². The normalized spacial score (nSPS) is 21.5. The zero-order valence-electron chi connectivity index (χ0n) is 20.6. The summed E-state index contributed by atoms with van der Waals surface area (Å²) in [5, 5.41) is 0.706. The Morgan fingerprint density at radius 3 is 2.57 bits per heavy atom. The van der Waals surface area contributed by atoms with E-state index in [1.807, 2.05) is 16.7 Å². The van der Waals surface area contributed by atoms with Crippen molar-refractivity contribution in [1.29, 1.82) is 0 Å². The lowest BCUT2D eigenvalue weighted by atomic mass is 10.0. The number of piperidine rings is 1. The van der Waals surface area contributed by atoms with E-state index in [1.165, 1.54) is 23.9 Å². The Morgan fingerprint density at radius 1 is 1.14 bits per heavy atom. The van der Waals surface area contributed by atoms with E-state index in [2.05, 4.69) is 9.97 Å². The highest BCUT2D eigenvalue weighted by Gasteiger charge is 2.40. The molecule has 1 aromatic carbocycles. The average molecular weight is 550 g/mol. The highest BCUT2D eigenvalue weighted by molar-refractivity contribution is 7.99. The van der Waals surface area contributed by atoms with Crippen LogP contribution in [0.3, 0.4) is 0 Å². The Morgan fingerprint density at radius 2 is 1.86 bits per heavy atom. The topological polar surface area (TPSA) is 88.1 Å². The van der Waals surface area contributed by atoms with Gasteiger partial charge in [-0.25, -0.2) is 14.4 Å². The van der Waals surface area contributed by atoms with Crippen molar-refractivity contribution in [1.82, 2.24) is 19.8 Å². The van der Waals surface area contributed by atoms with Crippen LogP contribution in [0.4, 0.5) is 10.2 Å². The number of hydrogen-bond acceptors (Lipinski definition) is 8. The molecule has 3 aliphatic rings. The van der Waals surface area contributed by atoms with Crippen LogP contribution in [0.2, 0.25) is 5.15 Å². The monoisotopic (exact) mass is 549 g/mol. The summed E-state index contributed by atoms with van der Waals surface area (Å²) in [6.07, 6.45) is 1.34. The molecule has 198 valence electrons. The minimum absolute atomic E-state index is 0.0110. The van der Waals surface area contributed by atoms with E-state index in [1.54, 1.807) is 23.1 Å². The van der Waals surface area contributed by atoms with Gasteiger partial charge in [-0.2, -0.15) is 0 Å². The van der Waals surface area contributed by atoms with Crippen LogP contribution in [0.1, 0.15) is 30.1 Å². The van der Waals surface area contributed by atoms with Crippen LogP contribution < -0.4 is 4.90 Å². The summed E-state index contributed by atoms with van der Waals surface area (Å²) in [5.74, 6) is -0.515. The van der Waals surface area contributed by atoms with Gasteiger partial charge in [-0.05, 0) is 19.1 Å². The molecule has 2 amide bonds. The van der Waals surface area contributed by atoms with Gasteiger partial charge in [0.15, 0.2) is 10.9 Å². The lowest BCUT2D eigenvalue weighted by molar-refractivity contribution is -0.186. The fraction of sp³-hybridized carbons (Fsp3) is 0.520. The third-order valence-corrected chi connectivity index (χ3v) is 8.02. The number of ether oxygens (including phenoxy) is 2. The molecule has 5 rings (SSSR count). The van der Waals surface area contributed by atoms with Crippen LogP contribution in [-0.4, -0.2) is 95.1 Å². The maximum atomic E-state index is 14.1. The summed E-state index contributed by atoms with van der Waals surface area (Å²) < 4.78 is 25.6. The molecule has 0 saturated carbocycles. The first kappa shape index (κ1) is 26.1. The number of carbonyl (C=O) groups is 2. The van der Waals surface area contributed by atoms with Crippen LogP contribution in [0, 0.1) is 5.82 Å². The second-order valence-corrected chi connectivity index (χ2v) is 10.7. The van der Waals surface area contributed by atoms with E-state index in [-0.39, 0.29) is 34.3 Å². The SMILES string of the molecule is CC1CN(c2cc(Cl)nc(SCC(=O)N3CCC4(CC3)OCCO4)n2)CCN1C(=O)c1ccccc1F. The Kier molecular flexibility index (Phi) is 7.85. The van der Waals surface area contributed by atoms with E-state index in [9.17, 15) is 14.0 Å². The van der Waals surface area contributed by atoms with Gasteiger partial charge < -0.3 is 24.2 Å². The van der Waals surface area contributed by atoms with Gasteiger partial charge in [-0.3, -0.25) is 9.59 Å². The van der Waals surface area contributed by atoms with Crippen molar-refractivity contribution in [2.45, 2.75) is 36.8 Å². The van der Waals surface area contributed by atoms with Gasteiger partial charge in [-0.1, -0.05) is 35.5 Å². The van der Waals surface area contributed by atoms with Crippen LogP contribution in [0.25, 0.3) is 0 Å². The molecule has 0 radical (unpaired) electrons. The quantitative estimate of drug-likeness (QED) is 0.319. The molecule has 1 atom stereocenters. The van der Waals surface area contributed by atoms with Crippen molar-refractivity contribution in [3.8, 4) is 0 Å². The molecule has 9 nitrogen and oxygen atoms in total. The molecule has 3 saturated heterocycles. The number of thioether (sulfide) groups is 1. The molecule has 4 heterocycles. The lowest BCUT2D eigenvalue weighted by Gasteiger charge is -2.40. The van der Waals surface area contributed by atoms with Gasteiger partial charge >= 0.3 is 0 Å². The number of carbonyl (C=O) groups excluding carboxylic acids is 2. The zero-order chi connectivity index (χ0) is 26.0. The highest BCUT2D eigenvalue weighted by atomic mass is 35.5. The number of hydrogen-bond donors (Lipinski definition) is 0. The van der Waals surface area contributed by atoms with Crippen molar-refractivity contribution in [2.24, 2.45) is 0 Å². The maximum Gasteiger partial charge on any atom is 0.257 e. The van der Waals surface area contributed by atoms with Crippen molar-refractivity contribution in [2.75, 3.05) is 56.6 Å². The summed E-state index contributed by atoms with van der Waals surface area (Å²) >= 11 is 7.55. The van der Waals surface area contributed by atoms with E-state index in [0.29, 0.717) is 69.8 Å². The third-order valence-electron chi connectivity index (χ3n) is 6.99. The van der Waals surface area contributed by atoms with Crippen molar-refractivity contribution < 1.29 is 23.5 Å². The zero-order valence-corrected chi connectivity index (χ0v) is 22.1. The fourth-order valence-corrected chi connectivity index (χ4v) is 5.95. The standard InChI is InChI=1S/C25H29ClFN5O4S/c1-17-15-31(10-11-32(17)23(34)18-4-2-3-5-19(18)27)21-14-20(26)28-24(29-21)37-16-22(33)30-8-6-25(7-9-30)35-12-13-36-25/h2-5,14,17H,6-13,15-16H2,1H3. The Labute approximate surface area is 224 Å². The molecule has 0 aliphatic carbocycles. The number of aromatic nitrogens is 2. The molecule has 0 N–H and O–H groups in total. The molecule has 37 heavy (non-hydrogen) atoms. The van der Waals surface area contributed by atoms with Gasteiger partial charge in [0.05, 0.1) is 24.5 Å². The third kappa shape index (κ3) is 5.84. The van der Waals surface area contributed by atoms with E-state index in [4.69, 9.17) is 21.1 Å². The van der Waals surface area contributed by atoms with Gasteiger partial charge in [-0.15, -0.1) is 0 Å². The smallest absolute Gasteiger partial charge is 0.257 e. The van der Waals surface area contributed by atoms with Crippen LogP contribution in [-0.2, 0) is 14.3 Å². The second-order valence-electron chi connectivity index (χ2n) is 9.38. The molecule has 3 fully saturated rings. The summed E-state index contributed by atoms with van der Waals surface area (Å²) in [6, 6.07) is 7.54. The number of rotatable bonds is 5. The van der Waals surface area contributed by atoms with Gasteiger partial charge in [0.2, 0.25) is 5.91 Å². The number of benzene rings is 1. The maximum absolute atomic E-state index is 14.1. The lowest BCUT2D eigenvalue weighted by Crippen LogP contribution is -2.54. The summed E-state index contributed by atoms with van der Waals surface area (Å²) in [7, 11) is 0. The van der Waals surface area contributed by atoms with Crippen LogP contribution in [0.15, 0.2) is 35.5 Å². The minimum atomic E-state index is -0.523. The van der Waals surface area contributed by atoms with E-state index < -0.39 is 11.6 Å². The van der Waals surface area contributed by atoms with Crippen molar-refractivity contribution in [3.05, 3.63) is 46.9 Å². The Hall–Kier alpha value is -2.47. The predicted octanol–water partition coefficient (Wildman–Crippen LogP) is 3.08. The molecule has 3 aliphatic heterocycles. The molecule has 12 heteroatoms. The first-order chi connectivity index (χ1) is 17.8. The predicted molar refractivity (Wildman–Crippen MR) is 137 cm³/mol.